The molecule has 0 atom stereocenters. The average Bonchev–Trinajstić information content (AvgIpc) is 3.44. The Morgan fingerprint density at radius 1 is 0.625 bits per heavy atom. The van der Waals surface area contributed by atoms with Gasteiger partial charge in [-0.25, -0.2) is 0 Å². The van der Waals surface area contributed by atoms with Crippen molar-refractivity contribution in [3.8, 4) is 17.0 Å². The molecular formula is C36H38N2OSi. The molecule has 0 aliphatic carbocycles. The van der Waals surface area contributed by atoms with Gasteiger partial charge in [0.25, 0.3) is 8.32 Å². The monoisotopic (exact) mass is 542 g/mol. The van der Waals surface area contributed by atoms with Gasteiger partial charge in [0.2, 0.25) is 0 Å². The molecule has 0 bridgehead atoms. The van der Waals surface area contributed by atoms with E-state index in [-0.39, 0.29) is 5.04 Å². The highest BCUT2D eigenvalue weighted by molar-refractivity contribution is 6.74. The zero-order valence-corrected chi connectivity index (χ0v) is 25.2. The normalized spacial score (nSPS) is 12.3. The summed E-state index contributed by atoms with van der Waals surface area (Å²) >= 11 is 0. The van der Waals surface area contributed by atoms with E-state index in [9.17, 15) is 0 Å². The molecule has 0 N–H and O–H groups in total. The molecule has 0 aliphatic rings. The fourth-order valence-corrected chi connectivity index (χ4v) is 6.32. The second-order valence-corrected chi connectivity index (χ2v) is 17.0. The highest BCUT2D eigenvalue weighted by Gasteiger charge is 2.41. The van der Waals surface area contributed by atoms with Crippen LogP contribution in [0.4, 0.5) is 0 Å². The summed E-state index contributed by atoms with van der Waals surface area (Å²) in [4.78, 5) is 0. The van der Waals surface area contributed by atoms with E-state index in [2.05, 4.69) is 158 Å². The van der Waals surface area contributed by atoms with Crippen molar-refractivity contribution < 1.29 is 4.43 Å². The van der Waals surface area contributed by atoms with Gasteiger partial charge >= 0.3 is 0 Å². The van der Waals surface area contributed by atoms with Gasteiger partial charge in [-0.15, -0.1) is 0 Å². The van der Waals surface area contributed by atoms with Crippen LogP contribution in [-0.4, -0.2) is 17.5 Å². The van der Waals surface area contributed by atoms with Crippen LogP contribution in [-0.2, 0) is 13.1 Å². The molecule has 4 aromatic carbocycles. The van der Waals surface area contributed by atoms with Crippen LogP contribution in [0.1, 0.15) is 31.9 Å². The van der Waals surface area contributed by atoms with Crippen LogP contribution in [0.5, 0.6) is 5.88 Å². The Kier molecular flexibility index (Phi) is 6.67. The van der Waals surface area contributed by atoms with Crippen molar-refractivity contribution in [1.29, 1.82) is 0 Å². The largest absolute Gasteiger partial charge is 0.531 e. The minimum atomic E-state index is -2.17. The van der Waals surface area contributed by atoms with Gasteiger partial charge in [0.1, 0.15) is 0 Å². The van der Waals surface area contributed by atoms with E-state index in [4.69, 9.17) is 4.43 Å². The van der Waals surface area contributed by atoms with E-state index < -0.39 is 8.32 Å². The van der Waals surface area contributed by atoms with Gasteiger partial charge in [-0.2, -0.15) is 0 Å². The van der Waals surface area contributed by atoms with E-state index in [1.165, 1.54) is 44.1 Å². The van der Waals surface area contributed by atoms with Gasteiger partial charge in [0.15, 0.2) is 5.88 Å². The van der Waals surface area contributed by atoms with Crippen LogP contribution in [0.25, 0.3) is 32.9 Å². The molecule has 0 amide bonds. The van der Waals surface area contributed by atoms with Crippen molar-refractivity contribution in [3.63, 3.8) is 0 Å². The van der Waals surface area contributed by atoms with Gasteiger partial charge in [0.05, 0.1) is 17.6 Å². The number of aromatic nitrogens is 2. The fraction of sp³-hybridized carbons (Fsp3) is 0.222. The Balaban J connectivity index is 1.62. The van der Waals surface area contributed by atoms with E-state index in [1.807, 2.05) is 0 Å². The molecular weight excluding hydrogens is 504 g/mol. The molecule has 2 heterocycles. The van der Waals surface area contributed by atoms with Gasteiger partial charge < -0.3 is 13.6 Å². The third kappa shape index (κ3) is 4.77. The fourth-order valence-electron chi connectivity index (χ4n) is 5.32. The van der Waals surface area contributed by atoms with E-state index in [1.54, 1.807) is 0 Å². The first-order chi connectivity index (χ1) is 19.2. The summed E-state index contributed by atoms with van der Waals surface area (Å²) in [5, 5.41) is 2.55. The molecule has 40 heavy (non-hydrogen) atoms. The number of nitrogens with zero attached hydrogens (tertiary/aromatic N) is 2. The second-order valence-electron chi connectivity index (χ2n) is 12.3. The maximum absolute atomic E-state index is 7.31. The Hall–Kier alpha value is -4.02. The first kappa shape index (κ1) is 26.2. The van der Waals surface area contributed by atoms with Gasteiger partial charge in [-0.3, -0.25) is 0 Å². The lowest BCUT2D eigenvalue weighted by atomic mass is 10.0. The third-order valence-corrected chi connectivity index (χ3v) is 12.8. The first-order valence-corrected chi connectivity index (χ1v) is 17.1. The summed E-state index contributed by atoms with van der Waals surface area (Å²) in [5.74, 6) is 0.985. The minimum absolute atomic E-state index is 0.0691. The van der Waals surface area contributed by atoms with E-state index in [0.717, 1.165) is 19.0 Å². The van der Waals surface area contributed by atoms with Crippen LogP contribution in [0.15, 0.2) is 115 Å². The molecule has 0 fully saturated rings. The first-order valence-electron chi connectivity index (χ1n) is 14.2. The Labute approximate surface area is 238 Å². The average molecular weight is 543 g/mol. The topological polar surface area (TPSA) is 19.1 Å². The lowest BCUT2D eigenvalue weighted by Crippen LogP contribution is -2.44. The van der Waals surface area contributed by atoms with E-state index in [0.29, 0.717) is 0 Å². The Bertz CT molecular complexity index is 1770. The van der Waals surface area contributed by atoms with Gasteiger partial charge in [-0.05, 0) is 41.4 Å². The molecule has 0 radical (unpaired) electrons. The summed E-state index contributed by atoms with van der Waals surface area (Å²) in [7, 11) is -2.17. The van der Waals surface area contributed by atoms with Crippen molar-refractivity contribution in [2.24, 2.45) is 0 Å². The molecule has 4 heteroatoms. The van der Waals surface area contributed by atoms with Crippen molar-refractivity contribution >= 4 is 30.1 Å². The number of fused-ring (bicyclic) bond motifs is 2. The summed E-state index contributed by atoms with van der Waals surface area (Å²) in [6.07, 6.45) is 2.34. The predicted octanol–water partition coefficient (Wildman–Crippen LogP) is 9.74. The lowest BCUT2D eigenvalue weighted by Gasteiger charge is -2.37. The van der Waals surface area contributed by atoms with E-state index >= 15 is 0 Å². The zero-order valence-electron chi connectivity index (χ0n) is 24.2. The van der Waals surface area contributed by atoms with Crippen LogP contribution < -0.4 is 4.43 Å². The molecule has 3 nitrogen and oxygen atoms in total. The number of hydrogen-bond acceptors (Lipinski definition) is 1. The number of rotatable bonds is 7. The van der Waals surface area contributed by atoms with Crippen molar-refractivity contribution in [3.05, 3.63) is 127 Å². The standard InChI is InChI=1S/C36H38N2OSi/c1-36(2,3)40(4,5)39-35-34(30-21-13-15-23-33(30)38(35)25-28-18-10-7-11-19-28)31-26-37(24-27-16-8-6-9-17-27)32-22-14-12-20-29(31)32/h6-23,26H,24-25H2,1-5H3. The van der Waals surface area contributed by atoms with Gasteiger partial charge in [-0.1, -0.05) is 118 Å². The quantitative estimate of drug-likeness (QED) is 0.184. The van der Waals surface area contributed by atoms with Crippen LogP contribution in [0.3, 0.4) is 0 Å². The second kappa shape index (κ2) is 10.2. The van der Waals surface area contributed by atoms with Crippen LogP contribution in [0.2, 0.25) is 18.1 Å². The Morgan fingerprint density at radius 3 is 1.77 bits per heavy atom. The summed E-state index contributed by atoms with van der Waals surface area (Å²) in [6, 6.07) is 39.0. The molecule has 6 aromatic rings. The molecule has 0 saturated heterocycles. The number of benzene rings is 4. The number of para-hydroxylation sites is 2. The maximum atomic E-state index is 7.31. The molecule has 202 valence electrons. The highest BCUT2D eigenvalue weighted by Crippen LogP contribution is 2.47. The predicted molar refractivity (Wildman–Crippen MR) is 172 cm³/mol. The maximum Gasteiger partial charge on any atom is 0.252 e. The van der Waals surface area contributed by atoms with Crippen molar-refractivity contribution in [2.75, 3.05) is 0 Å². The molecule has 0 aliphatic heterocycles. The van der Waals surface area contributed by atoms with Gasteiger partial charge in [0, 0.05) is 34.6 Å². The number of hydrogen-bond donors (Lipinski definition) is 0. The molecule has 6 rings (SSSR count). The molecule has 0 saturated carbocycles. The molecule has 0 spiro atoms. The summed E-state index contributed by atoms with van der Waals surface area (Å²) < 4.78 is 12.1. The molecule has 0 unspecified atom stereocenters. The molecule has 2 aromatic heterocycles. The van der Waals surface area contributed by atoms with Crippen LogP contribution >= 0.6 is 0 Å². The summed E-state index contributed by atoms with van der Waals surface area (Å²) in [6.45, 7) is 13.2. The third-order valence-electron chi connectivity index (χ3n) is 8.52. The highest BCUT2D eigenvalue weighted by atomic mass is 28.4. The lowest BCUT2D eigenvalue weighted by molar-refractivity contribution is 0.458. The minimum Gasteiger partial charge on any atom is -0.531 e. The summed E-state index contributed by atoms with van der Waals surface area (Å²) in [5.41, 5.74) is 7.41. The van der Waals surface area contributed by atoms with Crippen LogP contribution in [0, 0.1) is 0 Å². The SMILES string of the molecule is CC(C)(C)[Si](C)(C)Oc1c(-c2cn(Cc3ccccc3)c3ccccc23)c2ccccc2n1Cc1ccccc1. The van der Waals surface area contributed by atoms with Crippen molar-refractivity contribution in [1.82, 2.24) is 9.13 Å². The smallest absolute Gasteiger partial charge is 0.252 e. The zero-order chi connectivity index (χ0) is 27.9. The van der Waals surface area contributed by atoms with Crippen molar-refractivity contribution in [2.45, 2.75) is 52.0 Å². The Morgan fingerprint density at radius 2 is 1.15 bits per heavy atom.